The molecule has 5 heteroatoms. The number of rotatable bonds is 6. The fourth-order valence-corrected chi connectivity index (χ4v) is 2.22. The van der Waals surface area contributed by atoms with Gasteiger partial charge in [0.2, 0.25) is 5.91 Å². The lowest BCUT2D eigenvalue weighted by molar-refractivity contribution is -0.117. The van der Waals surface area contributed by atoms with Crippen LogP contribution in [0.3, 0.4) is 0 Å². The minimum atomic E-state index is -0.271. The van der Waals surface area contributed by atoms with Gasteiger partial charge < -0.3 is 5.32 Å². The number of amides is 1. The lowest BCUT2D eigenvalue weighted by atomic mass is 10.1. The second kappa shape index (κ2) is 8.06. The molecule has 0 bridgehead atoms. The maximum Gasteiger partial charge on any atom is 0.238 e. The fourth-order valence-electron chi connectivity index (χ4n) is 2.22. The molecule has 1 N–H and O–H groups in total. The summed E-state index contributed by atoms with van der Waals surface area (Å²) in [5.74, 6) is -0.440. The highest BCUT2D eigenvalue weighted by atomic mass is 19.1. The maximum atomic E-state index is 13.6. The Morgan fingerprint density at radius 1 is 1.22 bits per heavy atom. The minimum Gasteiger partial charge on any atom is -0.325 e. The van der Waals surface area contributed by atoms with E-state index in [1.165, 1.54) is 6.07 Å². The van der Waals surface area contributed by atoms with E-state index in [9.17, 15) is 9.18 Å². The first kappa shape index (κ1) is 16.7. The van der Waals surface area contributed by atoms with Crippen LogP contribution in [0.4, 0.5) is 10.1 Å². The number of likely N-dealkylation sites (N-methyl/N-ethyl adjacent to an activating group) is 1. The Bertz CT molecular complexity index is 707. The summed E-state index contributed by atoms with van der Waals surface area (Å²) in [7, 11) is 1.77. The molecule has 0 unspecified atom stereocenters. The number of nitrogens with zero attached hydrogens (tertiary/aromatic N) is 2. The summed E-state index contributed by atoms with van der Waals surface area (Å²) < 4.78 is 13.6. The van der Waals surface area contributed by atoms with E-state index in [1.54, 1.807) is 42.3 Å². The average Bonchev–Trinajstić information content (AvgIpc) is 2.51. The fraction of sp³-hybridized carbons (Fsp3) is 0.222. The standard InChI is InChI=1S/C18H18FN3O/c1-22(12-15-4-2-3-5-17(15)19)13-18(23)21-16-8-6-14(7-9-16)10-11-20/h2-9H,10,12-13H2,1H3,(H,21,23). The molecular weight excluding hydrogens is 293 g/mol. The predicted octanol–water partition coefficient (Wildman–Crippen LogP) is 2.96. The first-order valence-corrected chi connectivity index (χ1v) is 7.26. The number of carbonyl (C=O) groups is 1. The molecule has 0 saturated heterocycles. The Morgan fingerprint density at radius 2 is 1.91 bits per heavy atom. The van der Waals surface area contributed by atoms with Crippen LogP contribution in [-0.4, -0.2) is 24.4 Å². The smallest absolute Gasteiger partial charge is 0.238 e. The zero-order valence-corrected chi connectivity index (χ0v) is 12.9. The molecule has 0 aliphatic rings. The lowest BCUT2D eigenvalue weighted by Gasteiger charge is -2.16. The number of benzene rings is 2. The van der Waals surface area contributed by atoms with Crippen LogP contribution >= 0.6 is 0 Å². The van der Waals surface area contributed by atoms with Gasteiger partial charge in [0.25, 0.3) is 0 Å². The van der Waals surface area contributed by atoms with Crippen molar-refractivity contribution in [2.75, 3.05) is 18.9 Å². The van der Waals surface area contributed by atoms with Crippen molar-refractivity contribution in [2.24, 2.45) is 0 Å². The molecule has 0 spiro atoms. The molecule has 0 radical (unpaired) electrons. The minimum absolute atomic E-state index is 0.161. The first-order valence-electron chi connectivity index (χ1n) is 7.26. The van der Waals surface area contributed by atoms with E-state index in [-0.39, 0.29) is 18.3 Å². The van der Waals surface area contributed by atoms with Crippen LogP contribution in [0.25, 0.3) is 0 Å². The summed E-state index contributed by atoms with van der Waals surface area (Å²) in [6.07, 6.45) is 0.347. The van der Waals surface area contributed by atoms with Crippen molar-refractivity contribution in [3.05, 3.63) is 65.5 Å². The van der Waals surface area contributed by atoms with Gasteiger partial charge in [0.15, 0.2) is 0 Å². The third kappa shape index (κ3) is 5.20. The van der Waals surface area contributed by atoms with Crippen molar-refractivity contribution in [3.8, 4) is 6.07 Å². The summed E-state index contributed by atoms with van der Waals surface area (Å²) in [5.41, 5.74) is 2.14. The Kier molecular flexibility index (Phi) is 5.84. The summed E-state index contributed by atoms with van der Waals surface area (Å²) >= 11 is 0. The third-order valence-corrected chi connectivity index (χ3v) is 3.33. The van der Waals surface area contributed by atoms with E-state index >= 15 is 0 Å². The molecule has 0 aliphatic carbocycles. The van der Waals surface area contributed by atoms with Crippen molar-refractivity contribution < 1.29 is 9.18 Å². The third-order valence-electron chi connectivity index (χ3n) is 3.33. The average molecular weight is 311 g/mol. The van der Waals surface area contributed by atoms with Gasteiger partial charge in [-0.3, -0.25) is 9.69 Å². The molecular formula is C18H18FN3O. The number of hydrogen-bond acceptors (Lipinski definition) is 3. The summed E-state index contributed by atoms with van der Waals surface area (Å²) in [6.45, 7) is 0.523. The van der Waals surface area contributed by atoms with Gasteiger partial charge in [-0.05, 0) is 30.8 Å². The predicted molar refractivity (Wildman–Crippen MR) is 87.1 cm³/mol. The van der Waals surface area contributed by atoms with Crippen molar-refractivity contribution in [1.29, 1.82) is 5.26 Å². The van der Waals surface area contributed by atoms with E-state index < -0.39 is 0 Å². The highest BCUT2D eigenvalue weighted by molar-refractivity contribution is 5.92. The number of hydrogen-bond donors (Lipinski definition) is 1. The van der Waals surface area contributed by atoms with Crippen LogP contribution in [0.5, 0.6) is 0 Å². The van der Waals surface area contributed by atoms with Crippen LogP contribution in [0, 0.1) is 17.1 Å². The van der Waals surface area contributed by atoms with Crippen LogP contribution in [-0.2, 0) is 17.8 Å². The van der Waals surface area contributed by atoms with Crippen molar-refractivity contribution in [2.45, 2.75) is 13.0 Å². The van der Waals surface area contributed by atoms with Gasteiger partial charge in [-0.15, -0.1) is 0 Å². The largest absolute Gasteiger partial charge is 0.325 e. The molecule has 2 aromatic carbocycles. The number of nitriles is 1. The van der Waals surface area contributed by atoms with E-state index in [2.05, 4.69) is 11.4 Å². The monoisotopic (exact) mass is 311 g/mol. The molecule has 2 rings (SSSR count). The number of nitrogens with one attached hydrogen (secondary N) is 1. The van der Waals surface area contributed by atoms with Crippen LogP contribution in [0.1, 0.15) is 11.1 Å². The Balaban J connectivity index is 1.86. The Hall–Kier alpha value is -2.71. The van der Waals surface area contributed by atoms with Crippen LogP contribution < -0.4 is 5.32 Å². The van der Waals surface area contributed by atoms with Crippen LogP contribution in [0.15, 0.2) is 48.5 Å². The molecule has 0 aromatic heterocycles. The van der Waals surface area contributed by atoms with Gasteiger partial charge >= 0.3 is 0 Å². The van der Waals surface area contributed by atoms with Crippen molar-refractivity contribution >= 4 is 11.6 Å². The quantitative estimate of drug-likeness (QED) is 0.892. The number of carbonyl (C=O) groups excluding carboxylic acids is 1. The highest BCUT2D eigenvalue weighted by Crippen LogP contribution is 2.11. The normalized spacial score (nSPS) is 10.3. The van der Waals surface area contributed by atoms with Gasteiger partial charge in [-0.2, -0.15) is 5.26 Å². The van der Waals surface area contributed by atoms with E-state index in [1.807, 2.05) is 12.1 Å². The zero-order chi connectivity index (χ0) is 16.7. The lowest BCUT2D eigenvalue weighted by Crippen LogP contribution is -2.30. The number of anilines is 1. The second-order valence-corrected chi connectivity index (χ2v) is 5.34. The molecule has 0 fully saturated rings. The maximum absolute atomic E-state index is 13.6. The molecule has 0 atom stereocenters. The molecule has 0 saturated carbocycles. The molecule has 1 amide bonds. The Morgan fingerprint density at radius 3 is 2.57 bits per heavy atom. The molecule has 0 heterocycles. The van der Waals surface area contributed by atoms with Gasteiger partial charge in [0.05, 0.1) is 19.0 Å². The summed E-state index contributed by atoms with van der Waals surface area (Å²) in [4.78, 5) is 13.8. The van der Waals surface area contributed by atoms with Gasteiger partial charge in [0.1, 0.15) is 5.82 Å². The first-order chi connectivity index (χ1) is 11.1. The van der Waals surface area contributed by atoms with Gasteiger partial charge in [-0.25, -0.2) is 4.39 Å². The van der Waals surface area contributed by atoms with E-state index in [4.69, 9.17) is 5.26 Å². The molecule has 23 heavy (non-hydrogen) atoms. The van der Waals surface area contributed by atoms with Crippen LogP contribution in [0.2, 0.25) is 0 Å². The van der Waals surface area contributed by atoms with E-state index in [0.717, 1.165) is 5.56 Å². The number of halogens is 1. The summed E-state index contributed by atoms with van der Waals surface area (Å²) in [5, 5.41) is 11.4. The van der Waals surface area contributed by atoms with Crippen molar-refractivity contribution in [3.63, 3.8) is 0 Å². The van der Waals surface area contributed by atoms with Gasteiger partial charge in [0, 0.05) is 17.8 Å². The Labute approximate surface area is 135 Å². The van der Waals surface area contributed by atoms with E-state index in [0.29, 0.717) is 24.2 Å². The molecule has 2 aromatic rings. The SMILES string of the molecule is CN(CC(=O)Nc1ccc(CC#N)cc1)Cc1ccccc1F. The molecule has 118 valence electrons. The topological polar surface area (TPSA) is 56.1 Å². The molecule has 4 nitrogen and oxygen atoms in total. The second-order valence-electron chi connectivity index (χ2n) is 5.34. The highest BCUT2D eigenvalue weighted by Gasteiger charge is 2.09. The summed E-state index contributed by atoms with van der Waals surface area (Å²) in [6, 6.07) is 15.7. The molecule has 0 aliphatic heterocycles. The van der Waals surface area contributed by atoms with Gasteiger partial charge in [-0.1, -0.05) is 30.3 Å². The van der Waals surface area contributed by atoms with Crippen molar-refractivity contribution in [1.82, 2.24) is 4.90 Å². The zero-order valence-electron chi connectivity index (χ0n) is 12.9.